The van der Waals surface area contributed by atoms with Gasteiger partial charge >= 0.3 is 5.97 Å². The molecule has 0 radical (unpaired) electrons. The van der Waals surface area contributed by atoms with Crippen molar-refractivity contribution in [3.05, 3.63) is 47.0 Å². The Morgan fingerprint density at radius 1 is 0.783 bits per heavy atom. The van der Waals surface area contributed by atoms with Gasteiger partial charge in [-0.05, 0) is 37.1 Å². The van der Waals surface area contributed by atoms with Crippen molar-refractivity contribution in [3.8, 4) is 23.0 Å². The molecule has 0 saturated carbocycles. The predicted molar refractivity (Wildman–Crippen MR) is 87.0 cm³/mol. The second-order valence-electron chi connectivity index (χ2n) is 5.04. The topological polar surface area (TPSA) is 54.0 Å². The number of benzene rings is 2. The fraction of sp³-hybridized carbons (Fsp3) is 0.278. The first-order valence-electron chi connectivity index (χ1n) is 7.09. The highest BCUT2D eigenvalue weighted by Gasteiger charge is 2.19. The van der Waals surface area contributed by atoms with E-state index in [1.54, 1.807) is 18.2 Å². The van der Waals surface area contributed by atoms with Crippen LogP contribution in [0.1, 0.15) is 21.5 Å². The summed E-state index contributed by atoms with van der Waals surface area (Å²) in [6.45, 7) is 3.96. The lowest BCUT2D eigenvalue weighted by Gasteiger charge is -2.13. The van der Waals surface area contributed by atoms with Gasteiger partial charge in [0, 0.05) is 12.1 Å². The highest BCUT2D eigenvalue weighted by Crippen LogP contribution is 2.35. The van der Waals surface area contributed by atoms with Gasteiger partial charge in [-0.3, -0.25) is 0 Å². The van der Waals surface area contributed by atoms with E-state index >= 15 is 0 Å². The molecule has 0 saturated heterocycles. The molecule has 0 bridgehead atoms. The number of aryl methyl sites for hydroxylation is 2. The van der Waals surface area contributed by atoms with Crippen LogP contribution >= 0.6 is 0 Å². The molecule has 0 unspecified atom stereocenters. The zero-order valence-corrected chi connectivity index (χ0v) is 13.9. The van der Waals surface area contributed by atoms with Crippen molar-refractivity contribution in [3.63, 3.8) is 0 Å². The Morgan fingerprint density at radius 3 is 1.96 bits per heavy atom. The van der Waals surface area contributed by atoms with Gasteiger partial charge in [-0.2, -0.15) is 0 Å². The number of hydrogen-bond donors (Lipinski definition) is 0. The predicted octanol–water partition coefficient (Wildman–Crippen LogP) is 3.55. The number of hydrogen-bond acceptors (Lipinski definition) is 5. The highest BCUT2D eigenvalue weighted by molar-refractivity contribution is 5.95. The van der Waals surface area contributed by atoms with Crippen LogP contribution in [0.2, 0.25) is 0 Å². The van der Waals surface area contributed by atoms with Gasteiger partial charge in [0.25, 0.3) is 0 Å². The molecular weight excluding hydrogens is 296 g/mol. The first-order chi connectivity index (χ1) is 11.0. The molecule has 2 aromatic carbocycles. The number of ether oxygens (including phenoxy) is 4. The maximum absolute atomic E-state index is 12.5. The standard InChI is InChI=1S/C18H20O5/c1-11-6-7-13(8-12(11)2)23-18(19)14-9-16(21-4)17(22-5)10-15(14)20-3/h6-10H,1-5H3. The van der Waals surface area contributed by atoms with Crippen molar-refractivity contribution in [1.29, 1.82) is 0 Å². The average molecular weight is 316 g/mol. The fourth-order valence-corrected chi connectivity index (χ4v) is 2.13. The molecule has 122 valence electrons. The zero-order chi connectivity index (χ0) is 17.0. The second kappa shape index (κ2) is 7.05. The maximum atomic E-state index is 12.5. The largest absolute Gasteiger partial charge is 0.496 e. The quantitative estimate of drug-likeness (QED) is 0.624. The molecule has 0 aliphatic carbocycles. The zero-order valence-electron chi connectivity index (χ0n) is 13.9. The lowest BCUT2D eigenvalue weighted by molar-refractivity contribution is 0.0730. The van der Waals surface area contributed by atoms with Gasteiger partial charge in [0.05, 0.1) is 21.3 Å². The summed E-state index contributed by atoms with van der Waals surface area (Å²) in [5.41, 5.74) is 2.45. The molecule has 0 aliphatic rings. The summed E-state index contributed by atoms with van der Waals surface area (Å²) < 4.78 is 21.1. The van der Waals surface area contributed by atoms with E-state index in [0.29, 0.717) is 23.0 Å². The SMILES string of the molecule is COc1cc(OC)c(C(=O)Oc2ccc(C)c(C)c2)cc1OC. The van der Waals surface area contributed by atoms with Gasteiger partial charge in [-0.15, -0.1) is 0 Å². The van der Waals surface area contributed by atoms with Crippen LogP contribution in [0.3, 0.4) is 0 Å². The summed E-state index contributed by atoms with van der Waals surface area (Å²) in [6.07, 6.45) is 0. The lowest BCUT2D eigenvalue weighted by atomic mass is 10.1. The van der Waals surface area contributed by atoms with Crippen LogP contribution in [0.4, 0.5) is 0 Å². The lowest BCUT2D eigenvalue weighted by Crippen LogP contribution is -2.11. The molecular formula is C18H20O5. The number of methoxy groups -OCH3 is 3. The Labute approximate surface area is 135 Å². The smallest absolute Gasteiger partial charge is 0.347 e. The van der Waals surface area contributed by atoms with E-state index in [0.717, 1.165) is 11.1 Å². The van der Waals surface area contributed by atoms with E-state index in [9.17, 15) is 4.79 Å². The summed E-state index contributed by atoms with van der Waals surface area (Å²) in [5.74, 6) is 1.23. The van der Waals surface area contributed by atoms with Gasteiger partial charge in [0.2, 0.25) is 0 Å². The third-order valence-corrected chi connectivity index (χ3v) is 3.61. The highest BCUT2D eigenvalue weighted by atomic mass is 16.5. The minimum atomic E-state index is -0.522. The van der Waals surface area contributed by atoms with Crippen molar-refractivity contribution in [2.45, 2.75) is 13.8 Å². The van der Waals surface area contributed by atoms with E-state index in [1.165, 1.54) is 21.3 Å². The Bertz CT molecular complexity index is 722. The van der Waals surface area contributed by atoms with Crippen LogP contribution in [0.25, 0.3) is 0 Å². The Kier molecular flexibility index (Phi) is 5.11. The van der Waals surface area contributed by atoms with E-state index in [-0.39, 0.29) is 5.56 Å². The van der Waals surface area contributed by atoms with Gasteiger partial charge in [-0.25, -0.2) is 4.79 Å². The molecule has 0 fully saturated rings. The van der Waals surface area contributed by atoms with Crippen LogP contribution in [-0.4, -0.2) is 27.3 Å². The molecule has 0 N–H and O–H groups in total. The third-order valence-electron chi connectivity index (χ3n) is 3.61. The maximum Gasteiger partial charge on any atom is 0.347 e. The van der Waals surface area contributed by atoms with Crippen molar-refractivity contribution < 1.29 is 23.7 Å². The van der Waals surface area contributed by atoms with Gasteiger partial charge in [0.15, 0.2) is 11.5 Å². The first kappa shape index (κ1) is 16.7. The Hall–Kier alpha value is -2.69. The molecule has 0 amide bonds. The molecule has 0 aliphatic heterocycles. The van der Waals surface area contributed by atoms with Gasteiger partial charge in [-0.1, -0.05) is 6.07 Å². The minimum absolute atomic E-state index is 0.267. The molecule has 5 nitrogen and oxygen atoms in total. The van der Waals surface area contributed by atoms with E-state index in [1.807, 2.05) is 26.0 Å². The summed E-state index contributed by atoms with van der Waals surface area (Å²) in [7, 11) is 4.50. The normalized spacial score (nSPS) is 10.1. The second-order valence-corrected chi connectivity index (χ2v) is 5.04. The molecule has 0 spiro atoms. The first-order valence-corrected chi connectivity index (χ1v) is 7.09. The minimum Gasteiger partial charge on any atom is -0.496 e. The molecule has 2 aromatic rings. The number of esters is 1. The summed E-state index contributed by atoms with van der Waals surface area (Å²) >= 11 is 0. The summed E-state index contributed by atoms with van der Waals surface area (Å²) in [6, 6.07) is 8.62. The van der Waals surface area contributed by atoms with Crippen molar-refractivity contribution in [2.24, 2.45) is 0 Å². The fourth-order valence-electron chi connectivity index (χ4n) is 2.13. The van der Waals surface area contributed by atoms with Crippen LogP contribution in [0.15, 0.2) is 30.3 Å². The summed E-state index contributed by atoms with van der Waals surface area (Å²) in [4.78, 5) is 12.5. The van der Waals surface area contributed by atoms with Crippen LogP contribution in [0, 0.1) is 13.8 Å². The van der Waals surface area contributed by atoms with Crippen LogP contribution in [-0.2, 0) is 0 Å². The number of carbonyl (C=O) groups excluding carboxylic acids is 1. The molecule has 0 heterocycles. The third kappa shape index (κ3) is 3.56. The number of carbonyl (C=O) groups is 1. The van der Waals surface area contributed by atoms with E-state index in [2.05, 4.69) is 0 Å². The van der Waals surface area contributed by atoms with Crippen molar-refractivity contribution in [2.75, 3.05) is 21.3 Å². The van der Waals surface area contributed by atoms with Gasteiger partial charge < -0.3 is 18.9 Å². The van der Waals surface area contributed by atoms with Crippen molar-refractivity contribution in [1.82, 2.24) is 0 Å². The van der Waals surface area contributed by atoms with Gasteiger partial charge in [0.1, 0.15) is 17.1 Å². The monoisotopic (exact) mass is 316 g/mol. The summed E-state index contributed by atoms with van der Waals surface area (Å²) in [5, 5.41) is 0. The van der Waals surface area contributed by atoms with Crippen LogP contribution in [0.5, 0.6) is 23.0 Å². The van der Waals surface area contributed by atoms with Crippen LogP contribution < -0.4 is 18.9 Å². The molecule has 0 atom stereocenters. The Morgan fingerprint density at radius 2 is 1.39 bits per heavy atom. The average Bonchev–Trinajstić information content (AvgIpc) is 2.56. The molecule has 5 heteroatoms. The van der Waals surface area contributed by atoms with E-state index in [4.69, 9.17) is 18.9 Å². The number of rotatable bonds is 5. The van der Waals surface area contributed by atoms with Crippen molar-refractivity contribution >= 4 is 5.97 Å². The Balaban J connectivity index is 2.35. The molecule has 0 aromatic heterocycles. The van der Waals surface area contributed by atoms with E-state index < -0.39 is 5.97 Å². The molecule has 23 heavy (non-hydrogen) atoms. The molecule has 2 rings (SSSR count).